The Hall–Kier alpha value is -2.60. The number of carbonyl (C=O) groups excluding carboxylic acids is 2. The molecule has 2 aromatic carbocycles. The molecule has 2 fully saturated rings. The standard InChI is InChI=1S/C24H27N3O2S/c1-15-9-12-20(16(2)13-15)26-22(28)14-21-23(29)27(17(3)18-10-11-18)24(30-21)25-19-7-5-4-6-8-19/h4-9,12-13,17-18,21H,10-11,14H2,1-3H3,(H,26,28)/t17-,21+/m1/s1. The van der Waals surface area contributed by atoms with Crippen LogP contribution >= 0.6 is 11.8 Å². The lowest BCUT2D eigenvalue weighted by Crippen LogP contribution is -2.41. The SMILES string of the molecule is Cc1ccc(NC(=O)C[C@@H]2SC(=Nc3ccccc3)N([C@H](C)C3CC3)C2=O)c(C)c1. The van der Waals surface area contributed by atoms with Gasteiger partial charge in [0.2, 0.25) is 11.8 Å². The number of thioether (sulfide) groups is 1. The van der Waals surface area contributed by atoms with Crippen molar-refractivity contribution in [2.24, 2.45) is 10.9 Å². The second-order valence-electron chi connectivity index (χ2n) is 8.19. The molecule has 2 aromatic rings. The molecule has 2 aliphatic rings. The third-order valence-corrected chi connectivity index (χ3v) is 6.84. The van der Waals surface area contributed by atoms with Crippen molar-refractivity contribution in [3.05, 3.63) is 59.7 Å². The minimum absolute atomic E-state index is 0.00939. The number of rotatable bonds is 6. The zero-order chi connectivity index (χ0) is 21.3. The lowest BCUT2D eigenvalue weighted by atomic mass is 10.1. The Bertz CT molecular complexity index is 985. The van der Waals surface area contributed by atoms with Crippen LogP contribution in [0.15, 0.2) is 53.5 Å². The summed E-state index contributed by atoms with van der Waals surface area (Å²) in [4.78, 5) is 32.5. The van der Waals surface area contributed by atoms with Crippen LogP contribution in [0, 0.1) is 19.8 Å². The second kappa shape index (κ2) is 8.64. The summed E-state index contributed by atoms with van der Waals surface area (Å²) in [5, 5.41) is 3.22. The van der Waals surface area contributed by atoms with E-state index in [9.17, 15) is 9.59 Å². The Balaban J connectivity index is 1.51. The number of anilines is 1. The molecule has 5 nitrogen and oxygen atoms in total. The van der Waals surface area contributed by atoms with Crippen LogP contribution in [-0.2, 0) is 9.59 Å². The van der Waals surface area contributed by atoms with Crippen LogP contribution < -0.4 is 5.32 Å². The van der Waals surface area contributed by atoms with Gasteiger partial charge in [0.1, 0.15) is 5.25 Å². The van der Waals surface area contributed by atoms with Crippen LogP contribution in [0.25, 0.3) is 0 Å². The predicted molar refractivity (Wildman–Crippen MR) is 123 cm³/mol. The van der Waals surface area contributed by atoms with Gasteiger partial charge < -0.3 is 5.32 Å². The molecule has 1 aliphatic heterocycles. The van der Waals surface area contributed by atoms with E-state index in [1.54, 1.807) is 0 Å². The zero-order valence-corrected chi connectivity index (χ0v) is 18.4. The van der Waals surface area contributed by atoms with Crippen molar-refractivity contribution < 1.29 is 9.59 Å². The molecule has 0 radical (unpaired) electrons. The van der Waals surface area contributed by atoms with Crippen molar-refractivity contribution in [2.75, 3.05) is 5.32 Å². The Labute approximate surface area is 182 Å². The first-order chi connectivity index (χ1) is 14.4. The van der Waals surface area contributed by atoms with Gasteiger partial charge in [0.15, 0.2) is 5.17 Å². The van der Waals surface area contributed by atoms with Crippen molar-refractivity contribution in [3.63, 3.8) is 0 Å². The molecule has 2 amide bonds. The molecule has 1 aliphatic carbocycles. The topological polar surface area (TPSA) is 61.8 Å². The Morgan fingerprint density at radius 3 is 2.60 bits per heavy atom. The van der Waals surface area contributed by atoms with Gasteiger partial charge in [0.25, 0.3) is 0 Å². The molecular weight excluding hydrogens is 394 g/mol. The number of carbonyl (C=O) groups is 2. The van der Waals surface area contributed by atoms with Crippen LogP contribution in [0.1, 0.15) is 37.3 Å². The molecule has 1 saturated heterocycles. The van der Waals surface area contributed by atoms with Gasteiger partial charge in [-0.05, 0) is 63.3 Å². The third-order valence-electron chi connectivity index (χ3n) is 5.69. The average Bonchev–Trinajstić information content (AvgIpc) is 3.51. The van der Waals surface area contributed by atoms with Crippen LogP contribution in [0.4, 0.5) is 11.4 Å². The minimum Gasteiger partial charge on any atom is -0.326 e. The highest BCUT2D eigenvalue weighted by Gasteiger charge is 2.45. The Morgan fingerprint density at radius 1 is 1.20 bits per heavy atom. The lowest BCUT2D eigenvalue weighted by molar-refractivity contribution is -0.129. The number of hydrogen-bond acceptors (Lipinski definition) is 4. The first kappa shape index (κ1) is 20.7. The van der Waals surface area contributed by atoms with E-state index in [0.29, 0.717) is 11.1 Å². The van der Waals surface area contributed by atoms with Gasteiger partial charge in [-0.3, -0.25) is 14.5 Å². The smallest absolute Gasteiger partial charge is 0.242 e. The highest BCUT2D eigenvalue weighted by atomic mass is 32.2. The molecule has 6 heteroatoms. The van der Waals surface area contributed by atoms with E-state index in [2.05, 4.69) is 12.2 Å². The lowest BCUT2D eigenvalue weighted by Gasteiger charge is -2.24. The molecule has 0 unspecified atom stereocenters. The van der Waals surface area contributed by atoms with Gasteiger partial charge in [-0.1, -0.05) is 47.7 Å². The van der Waals surface area contributed by atoms with E-state index >= 15 is 0 Å². The normalized spacial score (nSPS) is 21.2. The first-order valence-corrected chi connectivity index (χ1v) is 11.3. The van der Waals surface area contributed by atoms with E-state index in [1.807, 2.05) is 67.3 Å². The predicted octanol–water partition coefficient (Wildman–Crippen LogP) is 5.06. The Morgan fingerprint density at radius 2 is 1.93 bits per heavy atom. The average molecular weight is 422 g/mol. The molecule has 0 spiro atoms. The molecule has 1 N–H and O–H groups in total. The number of nitrogens with zero attached hydrogens (tertiary/aromatic N) is 2. The number of aryl methyl sites for hydroxylation is 2. The molecule has 156 valence electrons. The molecule has 0 aromatic heterocycles. The van der Waals surface area contributed by atoms with Crippen molar-refractivity contribution in [1.29, 1.82) is 0 Å². The van der Waals surface area contributed by atoms with Gasteiger partial charge >= 0.3 is 0 Å². The number of aliphatic imine (C=N–C) groups is 1. The maximum atomic E-state index is 13.2. The summed E-state index contributed by atoms with van der Waals surface area (Å²) in [5.41, 5.74) is 3.78. The number of hydrogen-bond donors (Lipinski definition) is 1. The monoisotopic (exact) mass is 421 g/mol. The Kier molecular flexibility index (Phi) is 5.95. The summed E-state index contributed by atoms with van der Waals surface area (Å²) in [6.07, 6.45) is 2.43. The van der Waals surface area contributed by atoms with Crippen LogP contribution in [0.2, 0.25) is 0 Å². The van der Waals surface area contributed by atoms with E-state index in [-0.39, 0.29) is 24.3 Å². The van der Waals surface area contributed by atoms with E-state index in [1.165, 1.54) is 11.8 Å². The van der Waals surface area contributed by atoms with E-state index in [0.717, 1.165) is 35.3 Å². The maximum Gasteiger partial charge on any atom is 0.242 e. The summed E-state index contributed by atoms with van der Waals surface area (Å²) in [6.45, 7) is 6.09. The quantitative estimate of drug-likeness (QED) is 0.709. The fraction of sp³-hybridized carbons (Fsp3) is 0.375. The summed E-state index contributed by atoms with van der Waals surface area (Å²) in [5.74, 6) is 0.371. The molecule has 4 rings (SSSR count). The van der Waals surface area contributed by atoms with Gasteiger partial charge in [-0.15, -0.1) is 0 Å². The minimum atomic E-state index is -0.445. The summed E-state index contributed by atoms with van der Waals surface area (Å²) in [7, 11) is 0. The van der Waals surface area contributed by atoms with E-state index < -0.39 is 5.25 Å². The molecule has 0 bridgehead atoms. The highest BCUT2D eigenvalue weighted by Crippen LogP contribution is 2.41. The molecule has 2 atom stereocenters. The first-order valence-electron chi connectivity index (χ1n) is 10.4. The van der Waals surface area contributed by atoms with Crippen molar-refractivity contribution >= 4 is 40.1 Å². The summed E-state index contributed by atoms with van der Waals surface area (Å²) >= 11 is 1.41. The van der Waals surface area contributed by atoms with Gasteiger partial charge in [-0.2, -0.15) is 0 Å². The molecule has 30 heavy (non-hydrogen) atoms. The number of nitrogens with one attached hydrogen (secondary N) is 1. The number of para-hydroxylation sites is 1. The maximum absolute atomic E-state index is 13.2. The fourth-order valence-corrected chi connectivity index (χ4v) is 5.03. The summed E-state index contributed by atoms with van der Waals surface area (Å²) < 4.78 is 0. The van der Waals surface area contributed by atoms with Crippen LogP contribution in [0.3, 0.4) is 0 Å². The van der Waals surface area contributed by atoms with Gasteiger partial charge in [0.05, 0.1) is 5.69 Å². The zero-order valence-electron chi connectivity index (χ0n) is 17.6. The molecule has 1 heterocycles. The molecule has 1 saturated carbocycles. The van der Waals surface area contributed by atoms with Crippen LogP contribution in [0.5, 0.6) is 0 Å². The van der Waals surface area contributed by atoms with Gasteiger partial charge in [-0.25, -0.2) is 4.99 Å². The molecular formula is C24H27N3O2S. The fourth-order valence-electron chi connectivity index (χ4n) is 3.79. The highest BCUT2D eigenvalue weighted by molar-refractivity contribution is 8.15. The van der Waals surface area contributed by atoms with Crippen molar-refractivity contribution in [3.8, 4) is 0 Å². The van der Waals surface area contributed by atoms with Crippen LogP contribution in [-0.4, -0.2) is 33.2 Å². The number of benzene rings is 2. The second-order valence-corrected chi connectivity index (χ2v) is 9.36. The van der Waals surface area contributed by atoms with E-state index in [4.69, 9.17) is 4.99 Å². The van der Waals surface area contributed by atoms with Gasteiger partial charge in [0, 0.05) is 18.2 Å². The van der Waals surface area contributed by atoms with Crippen molar-refractivity contribution in [2.45, 2.75) is 51.3 Å². The van der Waals surface area contributed by atoms with Crippen molar-refractivity contribution in [1.82, 2.24) is 4.90 Å². The number of amides is 2. The summed E-state index contributed by atoms with van der Waals surface area (Å²) in [6, 6.07) is 15.7. The largest absolute Gasteiger partial charge is 0.326 e. The third kappa shape index (κ3) is 4.59. The number of amidine groups is 1.